The van der Waals surface area contributed by atoms with E-state index in [4.69, 9.17) is 0 Å². The molecule has 1 aliphatic rings. The van der Waals surface area contributed by atoms with E-state index < -0.39 is 0 Å². The molecule has 3 rings (SSSR count). The number of amides is 1. The average Bonchev–Trinajstić information content (AvgIpc) is 2.94. The normalized spacial score (nSPS) is 21.9. The van der Waals surface area contributed by atoms with Crippen molar-refractivity contribution < 1.29 is 9.90 Å². The van der Waals surface area contributed by atoms with Crippen molar-refractivity contribution in [1.82, 2.24) is 9.88 Å². The number of aliphatic hydroxyl groups excluding tert-OH is 1. The fraction of sp³-hybridized carbons (Fsp3) is 0.500. The monoisotopic (exact) mass is 300 g/mol. The van der Waals surface area contributed by atoms with E-state index in [1.165, 1.54) is 0 Å². The zero-order valence-electron chi connectivity index (χ0n) is 13.1. The number of carbonyl (C=O) groups is 1. The van der Waals surface area contributed by atoms with Gasteiger partial charge in [0.15, 0.2) is 0 Å². The smallest absolute Gasteiger partial charge is 0.268 e. The second-order valence-electron chi connectivity index (χ2n) is 6.21. The lowest BCUT2D eigenvalue weighted by atomic mass is 9.86. The van der Waals surface area contributed by atoms with Crippen LogP contribution in [0.5, 0.6) is 0 Å². The van der Waals surface area contributed by atoms with Gasteiger partial charge in [-0.3, -0.25) is 4.79 Å². The summed E-state index contributed by atoms with van der Waals surface area (Å²) < 4.78 is 2.07. The minimum Gasteiger partial charge on any atom is -0.396 e. The Hall–Kier alpha value is -1.81. The third-order valence-corrected chi connectivity index (χ3v) is 4.80. The molecule has 0 unspecified atom stereocenters. The molecule has 0 saturated heterocycles. The van der Waals surface area contributed by atoms with E-state index in [9.17, 15) is 9.90 Å². The van der Waals surface area contributed by atoms with Gasteiger partial charge >= 0.3 is 0 Å². The number of aromatic nitrogens is 1. The van der Waals surface area contributed by atoms with E-state index in [-0.39, 0.29) is 18.6 Å². The summed E-state index contributed by atoms with van der Waals surface area (Å²) in [6.45, 7) is 3.12. The molecule has 1 aromatic carbocycles. The van der Waals surface area contributed by atoms with Crippen LogP contribution in [0.15, 0.2) is 30.3 Å². The van der Waals surface area contributed by atoms with Crippen LogP contribution in [-0.4, -0.2) is 28.2 Å². The Bertz CT molecular complexity index is 654. The van der Waals surface area contributed by atoms with Gasteiger partial charge in [0.1, 0.15) is 5.69 Å². The van der Waals surface area contributed by atoms with E-state index >= 15 is 0 Å². The van der Waals surface area contributed by atoms with Gasteiger partial charge in [0.2, 0.25) is 0 Å². The minimum atomic E-state index is 0.0190. The Morgan fingerprint density at radius 3 is 2.68 bits per heavy atom. The van der Waals surface area contributed by atoms with Gasteiger partial charge in [-0.2, -0.15) is 0 Å². The highest BCUT2D eigenvalue weighted by Crippen LogP contribution is 2.25. The Morgan fingerprint density at radius 2 is 2.00 bits per heavy atom. The highest BCUT2D eigenvalue weighted by Gasteiger charge is 2.23. The van der Waals surface area contributed by atoms with Gasteiger partial charge in [-0.15, -0.1) is 0 Å². The van der Waals surface area contributed by atoms with E-state index in [1.807, 2.05) is 24.3 Å². The number of fused-ring (bicyclic) bond motifs is 1. The van der Waals surface area contributed by atoms with Gasteiger partial charge in [-0.05, 0) is 50.7 Å². The predicted molar refractivity (Wildman–Crippen MR) is 87.9 cm³/mol. The van der Waals surface area contributed by atoms with Crippen LogP contribution in [-0.2, 0) is 6.54 Å². The van der Waals surface area contributed by atoms with Crippen molar-refractivity contribution >= 4 is 16.8 Å². The molecule has 0 radical (unpaired) electrons. The van der Waals surface area contributed by atoms with E-state index in [1.54, 1.807) is 0 Å². The fourth-order valence-corrected chi connectivity index (χ4v) is 3.49. The number of aryl methyl sites for hydroxylation is 1. The van der Waals surface area contributed by atoms with Crippen LogP contribution in [0.1, 0.15) is 43.1 Å². The Labute approximate surface area is 131 Å². The summed E-state index contributed by atoms with van der Waals surface area (Å²) in [6, 6.07) is 10.3. The van der Waals surface area contributed by atoms with Crippen molar-refractivity contribution in [2.45, 2.75) is 45.2 Å². The SMILES string of the molecule is CCn1c(C(=O)NC2CCC(CO)CC2)cc2ccccc21. The molecule has 1 saturated carbocycles. The number of nitrogens with zero attached hydrogens (tertiary/aromatic N) is 1. The molecule has 1 amide bonds. The molecule has 22 heavy (non-hydrogen) atoms. The topological polar surface area (TPSA) is 54.3 Å². The molecule has 118 valence electrons. The largest absolute Gasteiger partial charge is 0.396 e. The molecule has 2 N–H and O–H groups in total. The van der Waals surface area contributed by atoms with Crippen LogP contribution >= 0.6 is 0 Å². The molecule has 0 spiro atoms. The van der Waals surface area contributed by atoms with Gasteiger partial charge in [0, 0.05) is 30.1 Å². The molecule has 2 aromatic rings. The summed E-state index contributed by atoms with van der Waals surface area (Å²) in [7, 11) is 0. The molecule has 0 atom stereocenters. The maximum Gasteiger partial charge on any atom is 0.268 e. The first-order valence-corrected chi connectivity index (χ1v) is 8.23. The highest BCUT2D eigenvalue weighted by atomic mass is 16.3. The third kappa shape index (κ3) is 2.88. The molecular formula is C18H24N2O2. The Morgan fingerprint density at radius 1 is 1.27 bits per heavy atom. The quantitative estimate of drug-likeness (QED) is 0.912. The first-order chi connectivity index (χ1) is 10.7. The molecule has 1 aliphatic carbocycles. The maximum absolute atomic E-state index is 12.6. The third-order valence-electron chi connectivity index (χ3n) is 4.80. The summed E-state index contributed by atoms with van der Waals surface area (Å²) in [5.41, 5.74) is 1.85. The number of hydrogen-bond acceptors (Lipinski definition) is 2. The van der Waals surface area contributed by atoms with Gasteiger partial charge in [-0.25, -0.2) is 0 Å². The van der Waals surface area contributed by atoms with Gasteiger partial charge in [-0.1, -0.05) is 18.2 Å². The molecule has 1 aromatic heterocycles. The standard InChI is InChI=1S/C18H24N2O2/c1-2-20-16-6-4-3-5-14(16)11-17(20)18(22)19-15-9-7-13(12-21)8-10-15/h3-6,11,13,15,21H,2,7-10,12H2,1H3,(H,19,22). The molecule has 4 heteroatoms. The lowest BCUT2D eigenvalue weighted by molar-refractivity contribution is 0.0905. The highest BCUT2D eigenvalue weighted by molar-refractivity contribution is 5.98. The molecule has 4 nitrogen and oxygen atoms in total. The number of carbonyl (C=O) groups excluding carboxylic acids is 1. The fourth-order valence-electron chi connectivity index (χ4n) is 3.49. The first kappa shape index (κ1) is 15.1. The van der Waals surface area contributed by atoms with Gasteiger partial charge in [0.05, 0.1) is 0 Å². The minimum absolute atomic E-state index is 0.0190. The average molecular weight is 300 g/mol. The number of aliphatic hydroxyl groups is 1. The van der Waals surface area contributed by atoms with Crippen LogP contribution in [0.25, 0.3) is 10.9 Å². The van der Waals surface area contributed by atoms with Crippen molar-refractivity contribution in [3.05, 3.63) is 36.0 Å². The molecular weight excluding hydrogens is 276 g/mol. The van der Waals surface area contributed by atoms with Crippen molar-refractivity contribution in [2.75, 3.05) is 6.61 Å². The second kappa shape index (κ2) is 6.53. The summed E-state index contributed by atoms with van der Waals surface area (Å²) in [4.78, 5) is 12.6. The lowest BCUT2D eigenvalue weighted by Crippen LogP contribution is -2.38. The van der Waals surface area contributed by atoms with E-state index in [0.29, 0.717) is 5.92 Å². The first-order valence-electron chi connectivity index (χ1n) is 8.23. The number of para-hydroxylation sites is 1. The lowest BCUT2D eigenvalue weighted by Gasteiger charge is -2.28. The zero-order chi connectivity index (χ0) is 15.5. The Kier molecular flexibility index (Phi) is 4.48. The number of nitrogens with one attached hydrogen (secondary N) is 1. The number of benzene rings is 1. The number of rotatable bonds is 4. The molecule has 1 fully saturated rings. The van der Waals surface area contributed by atoms with Crippen molar-refractivity contribution in [3.8, 4) is 0 Å². The van der Waals surface area contributed by atoms with E-state index in [0.717, 1.165) is 48.8 Å². The number of hydrogen-bond donors (Lipinski definition) is 2. The van der Waals surface area contributed by atoms with E-state index in [2.05, 4.69) is 22.9 Å². The van der Waals surface area contributed by atoms with Crippen LogP contribution < -0.4 is 5.32 Å². The van der Waals surface area contributed by atoms with Crippen LogP contribution in [0.2, 0.25) is 0 Å². The van der Waals surface area contributed by atoms with Crippen LogP contribution in [0, 0.1) is 5.92 Å². The van der Waals surface area contributed by atoms with Crippen molar-refractivity contribution in [2.24, 2.45) is 5.92 Å². The summed E-state index contributed by atoms with van der Waals surface area (Å²) in [6.07, 6.45) is 3.92. The van der Waals surface area contributed by atoms with Gasteiger partial charge in [0.25, 0.3) is 5.91 Å². The summed E-state index contributed by atoms with van der Waals surface area (Å²) in [5.74, 6) is 0.431. The molecule has 1 heterocycles. The summed E-state index contributed by atoms with van der Waals surface area (Å²) >= 11 is 0. The zero-order valence-corrected chi connectivity index (χ0v) is 13.1. The Balaban J connectivity index is 1.75. The van der Waals surface area contributed by atoms with Crippen LogP contribution in [0.4, 0.5) is 0 Å². The molecule has 0 aliphatic heterocycles. The van der Waals surface area contributed by atoms with Crippen LogP contribution in [0.3, 0.4) is 0 Å². The predicted octanol–water partition coefficient (Wildman–Crippen LogP) is 2.94. The van der Waals surface area contributed by atoms with Gasteiger partial charge < -0.3 is 15.0 Å². The second-order valence-corrected chi connectivity index (χ2v) is 6.21. The van der Waals surface area contributed by atoms with Crippen molar-refractivity contribution in [3.63, 3.8) is 0 Å². The van der Waals surface area contributed by atoms with Crippen molar-refractivity contribution in [1.29, 1.82) is 0 Å². The summed E-state index contributed by atoms with van der Waals surface area (Å²) in [5, 5.41) is 13.5. The molecule has 0 bridgehead atoms. The maximum atomic E-state index is 12.6.